The number of hydrogen-bond acceptors (Lipinski definition) is 4. The minimum atomic E-state index is -1.11. The Morgan fingerprint density at radius 1 is 1.31 bits per heavy atom. The summed E-state index contributed by atoms with van der Waals surface area (Å²) < 4.78 is 7.35. The van der Waals surface area contributed by atoms with Gasteiger partial charge in [-0.1, -0.05) is 12.1 Å². The molecule has 26 heavy (non-hydrogen) atoms. The molecule has 1 unspecified atom stereocenters. The highest BCUT2D eigenvalue weighted by molar-refractivity contribution is 5.96. The Morgan fingerprint density at radius 3 is 2.62 bits per heavy atom. The van der Waals surface area contributed by atoms with Crippen LogP contribution in [0.4, 0.5) is 0 Å². The Morgan fingerprint density at radius 2 is 2.04 bits per heavy atom. The van der Waals surface area contributed by atoms with Gasteiger partial charge in [0.05, 0.1) is 12.9 Å². The molecule has 1 atom stereocenters. The van der Waals surface area contributed by atoms with Crippen LogP contribution in [0.25, 0.3) is 0 Å². The largest absolute Gasteiger partial charge is 0.494 e. The van der Waals surface area contributed by atoms with Crippen molar-refractivity contribution >= 4 is 11.9 Å². The lowest BCUT2D eigenvalue weighted by molar-refractivity contribution is -0.150. The van der Waals surface area contributed by atoms with Gasteiger partial charge in [-0.3, -0.25) is 9.59 Å². The molecular weight excluding hydrogens is 334 g/mol. The number of carboxylic acid groups (broad SMARTS) is 1. The highest BCUT2D eigenvalue weighted by Gasteiger charge is 2.26. The normalized spacial score (nSPS) is 11.8. The zero-order valence-corrected chi connectivity index (χ0v) is 15.2. The van der Waals surface area contributed by atoms with E-state index in [1.54, 1.807) is 17.4 Å². The van der Waals surface area contributed by atoms with Gasteiger partial charge in [0, 0.05) is 32.0 Å². The summed E-state index contributed by atoms with van der Waals surface area (Å²) >= 11 is 0. The molecule has 1 aromatic carbocycles. The van der Waals surface area contributed by atoms with Crippen LogP contribution in [-0.2, 0) is 22.7 Å². The molecule has 0 bridgehead atoms. The summed E-state index contributed by atoms with van der Waals surface area (Å²) in [5, 5.41) is 9.16. The first kappa shape index (κ1) is 19.5. The Balaban J connectivity index is 2.03. The number of carbonyl (C=O) groups excluding carboxylic acids is 1. The van der Waals surface area contributed by atoms with Gasteiger partial charge in [-0.2, -0.15) is 0 Å². The van der Waals surface area contributed by atoms with Crippen molar-refractivity contribution in [3.63, 3.8) is 0 Å². The van der Waals surface area contributed by atoms with Crippen LogP contribution >= 0.6 is 0 Å². The molecule has 1 heterocycles. The smallest absolute Gasteiger partial charge is 0.315 e. The molecule has 0 aliphatic rings. The van der Waals surface area contributed by atoms with Crippen molar-refractivity contribution in [3.8, 4) is 5.75 Å². The van der Waals surface area contributed by atoms with Crippen LogP contribution in [-0.4, -0.2) is 44.6 Å². The fourth-order valence-corrected chi connectivity index (χ4v) is 2.59. The third kappa shape index (κ3) is 5.61. The number of hydrogen-bond donors (Lipinski definition) is 1. The van der Waals surface area contributed by atoms with Crippen molar-refractivity contribution in [2.75, 3.05) is 13.2 Å². The summed E-state index contributed by atoms with van der Waals surface area (Å²) in [6.45, 7) is 5.49. The highest BCUT2D eigenvalue weighted by Crippen LogP contribution is 2.15. The molecule has 140 valence electrons. The quantitative estimate of drug-likeness (QED) is 0.659. The third-order valence-corrected chi connectivity index (χ3v) is 4.06. The Hall–Kier alpha value is -2.83. The predicted octanol–water partition coefficient (Wildman–Crippen LogP) is 2.42. The molecule has 0 spiro atoms. The molecule has 0 aliphatic carbocycles. The van der Waals surface area contributed by atoms with Gasteiger partial charge in [-0.15, -0.1) is 0 Å². The predicted molar refractivity (Wildman–Crippen MR) is 96.7 cm³/mol. The number of ether oxygens (including phenoxy) is 1. The minimum Gasteiger partial charge on any atom is -0.494 e. The average Bonchev–Trinajstić information content (AvgIpc) is 3.14. The van der Waals surface area contributed by atoms with E-state index in [1.165, 1.54) is 6.92 Å². The summed E-state index contributed by atoms with van der Waals surface area (Å²) in [6.07, 6.45) is 6.00. The Kier molecular flexibility index (Phi) is 7.20. The first-order chi connectivity index (χ1) is 12.5. The lowest BCUT2D eigenvalue weighted by atomic mass is 10.1. The number of benzene rings is 1. The van der Waals surface area contributed by atoms with E-state index in [9.17, 15) is 9.59 Å². The van der Waals surface area contributed by atoms with E-state index in [4.69, 9.17) is 9.84 Å². The summed E-state index contributed by atoms with van der Waals surface area (Å²) in [4.78, 5) is 29.3. The maximum absolute atomic E-state index is 12.6. The number of amides is 1. The number of aromatic nitrogens is 2. The van der Waals surface area contributed by atoms with E-state index < -0.39 is 11.9 Å². The van der Waals surface area contributed by atoms with Crippen LogP contribution in [0.5, 0.6) is 5.75 Å². The van der Waals surface area contributed by atoms with Crippen LogP contribution in [0.15, 0.2) is 43.0 Å². The SMILES string of the molecule is CCOc1ccc(CN(CCCn2ccnc2)C(=O)C(C)C(=O)O)cc1. The highest BCUT2D eigenvalue weighted by atomic mass is 16.5. The second kappa shape index (κ2) is 9.60. The Labute approximate surface area is 153 Å². The zero-order valence-electron chi connectivity index (χ0n) is 15.2. The topological polar surface area (TPSA) is 84.7 Å². The second-order valence-electron chi connectivity index (χ2n) is 6.05. The van der Waals surface area contributed by atoms with Gasteiger partial charge in [-0.25, -0.2) is 4.98 Å². The molecule has 1 aromatic heterocycles. The van der Waals surface area contributed by atoms with E-state index in [0.717, 1.165) is 11.3 Å². The Bertz CT molecular complexity index is 698. The van der Waals surface area contributed by atoms with Crippen molar-refractivity contribution in [2.24, 2.45) is 5.92 Å². The van der Waals surface area contributed by atoms with E-state index in [-0.39, 0.29) is 5.91 Å². The van der Waals surface area contributed by atoms with E-state index in [0.29, 0.717) is 32.7 Å². The lowest BCUT2D eigenvalue weighted by Crippen LogP contribution is -2.38. The van der Waals surface area contributed by atoms with Gasteiger partial charge in [0.25, 0.3) is 0 Å². The molecule has 2 rings (SSSR count). The molecule has 1 amide bonds. The van der Waals surface area contributed by atoms with Crippen LogP contribution < -0.4 is 4.74 Å². The molecule has 7 heteroatoms. The summed E-state index contributed by atoms with van der Waals surface area (Å²) in [5.74, 6) is -1.78. The van der Waals surface area contributed by atoms with Crippen molar-refractivity contribution in [2.45, 2.75) is 33.4 Å². The number of aliphatic carboxylic acids is 1. The number of nitrogens with zero attached hydrogens (tertiary/aromatic N) is 3. The molecule has 7 nitrogen and oxygen atoms in total. The molecule has 1 N–H and O–H groups in total. The van der Waals surface area contributed by atoms with E-state index in [1.807, 2.05) is 42.0 Å². The van der Waals surface area contributed by atoms with Crippen LogP contribution in [0.1, 0.15) is 25.8 Å². The van der Waals surface area contributed by atoms with Crippen LogP contribution in [0, 0.1) is 5.92 Å². The van der Waals surface area contributed by atoms with Crippen molar-refractivity contribution < 1.29 is 19.4 Å². The van der Waals surface area contributed by atoms with Crippen LogP contribution in [0.2, 0.25) is 0 Å². The van der Waals surface area contributed by atoms with E-state index in [2.05, 4.69) is 4.98 Å². The van der Waals surface area contributed by atoms with Gasteiger partial charge in [0.15, 0.2) is 0 Å². The average molecular weight is 359 g/mol. The van der Waals surface area contributed by atoms with Crippen molar-refractivity contribution in [3.05, 3.63) is 48.5 Å². The number of carbonyl (C=O) groups is 2. The molecule has 0 saturated heterocycles. The standard InChI is InChI=1S/C19H25N3O4/c1-3-26-17-7-5-16(6-8-17)13-22(18(23)15(2)19(24)25)11-4-10-21-12-9-20-14-21/h5-9,12,14-15H,3-4,10-11,13H2,1-2H3,(H,24,25). The number of rotatable bonds is 10. The van der Waals surface area contributed by atoms with Gasteiger partial charge >= 0.3 is 5.97 Å². The lowest BCUT2D eigenvalue weighted by Gasteiger charge is -2.25. The van der Waals surface area contributed by atoms with Gasteiger partial charge in [0.1, 0.15) is 11.7 Å². The minimum absolute atomic E-state index is 0.368. The van der Waals surface area contributed by atoms with Crippen molar-refractivity contribution in [1.82, 2.24) is 14.5 Å². The molecule has 0 aliphatic heterocycles. The molecule has 2 aromatic rings. The summed E-state index contributed by atoms with van der Waals surface area (Å²) in [7, 11) is 0. The molecule has 0 radical (unpaired) electrons. The van der Waals surface area contributed by atoms with Gasteiger partial charge < -0.3 is 19.3 Å². The summed E-state index contributed by atoms with van der Waals surface area (Å²) in [6, 6.07) is 7.50. The maximum Gasteiger partial charge on any atom is 0.315 e. The fourth-order valence-electron chi connectivity index (χ4n) is 2.59. The molecular formula is C19H25N3O4. The number of imidazole rings is 1. The second-order valence-corrected chi connectivity index (χ2v) is 6.05. The summed E-state index contributed by atoms with van der Waals surface area (Å²) in [5.41, 5.74) is 0.932. The zero-order chi connectivity index (χ0) is 18.9. The van der Waals surface area contributed by atoms with Gasteiger partial charge in [0.2, 0.25) is 5.91 Å². The maximum atomic E-state index is 12.6. The van der Waals surface area contributed by atoms with Gasteiger partial charge in [-0.05, 0) is 38.0 Å². The molecule has 0 fully saturated rings. The molecule has 0 saturated carbocycles. The first-order valence-electron chi connectivity index (χ1n) is 8.70. The third-order valence-electron chi connectivity index (χ3n) is 4.06. The first-order valence-corrected chi connectivity index (χ1v) is 8.70. The van der Waals surface area contributed by atoms with Crippen LogP contribution in [0.3, 0.4) is 0 Å². The monoisotopic (exact) mass is 359 g/mol. The van der Waals surface area contributed by atoms with Crippen molar-refractivity contribution in [1.29, 1.82) is 0 Å². The fraction of sp³-hybridized carbons (Fsp3) is 0.421. The number of aryl methyl sites for hydroxylation is 1. The van der Waals surface area contributed by atoms with E-state index >= 15 is 0 Å². The number of carboxylic acids is 1.